The average molecular weight is 460 g/mol. The standard InChI is InChI=1S/C15H22N2O3.C5H11NO4S/c1-10(2)8-13(15(19)20)17-14(18)12(16)9-11-6-4-3-5-7-11;1-11(9,10)3-2-4(6)5(7)8/h3-7,10,12-13H,8-9,16H2,1-2H3,(H,17,18)(H,19,20);4H,2-3,6H2,1H3,(H,7,8)/t12-,13-;4-/m00/s1. The number of aliphatic carboxylic acids is 2. The van der Waals surface area contributed by atoms with E-state index in [-0.39, 0.29) is 18.1 Å². The number of rotatable bonds is 11. The molecule has 0 saturated heterocycles. The fraction of sp³-hybridized carbons (Fsp3) is 0.550. The molecule has 0 spiro atoms. The first-order valence-corrected chi connectivity index (χ1v) is 11.8. The highest BCUT2D eigenvalue weighted by Gasteiger charge is 2.24. The second kappa shape index (κ2) is 13.7. The van der Waals surface area contributed by atoms with E-state index >= 15 is 0 Å². The minimum Gasteiger partial charge on any atom is -0.480 e. The Morgan fingerprint density at radius 1 is 1.00 bits per heavy atom. The van der Waals surface area contributed by atoms with E-state index in [4.69, 9.17) is 21.7 Å². The predicted molar refractivity (Wildman–Crippen MR) is 117 cm³/mol. The number of sulfone groups is 1. The Balaban J connectivity index is 0.000000695. The zero-order valence-corrected chi connectivity index (χ0v) is 18.8. The molecular formula is C20H33N3O7S. The van der Waals surface area contributed by atoms with Gasteiger partial charge in [0.2, 0.25) is 5.91 Å². The lowest BCUT2D eigenvalue weighted by Crippen LogP contribution is -2.49. The summed E-state index contributed by atoms with van der Waals surface area (Å²) in [6, 6.07) is 6.70. The molecule has 0 fully saturated rings. The maximum atomic E-state index is 11.9. The Morgan fingerprint density at radius 3 is 1.97 bits per heavy atom. The summed E-state index contributed by atoms with van der Waals surface area (Å²) >= 11 is 0. The van der Waals surface area contributed by atoms with Crippen LogP contribution in [0.3, 0.4) is 0 Å². The Hall–Kier alpha value is -2.50. The molecule has 0 radical (unpaired) electrons. The smallest absolute Gasteiger partial charge is 0.326 e. The third kappa shape index (κ3) is 14.2. The molecule has 1 amide bonds. The van der Waals surface area contributed by atoms with Crippen LogP contribution in [0.4, 0.5) is 0 Å². The van der Waals surface area contributed by atoms with Gasteiger partial charge in [0.05, 0.1) is 11.8 Å². The number of amides is 1. The van der Waals surface area contributed by atoms with Crippen LogP contribution in [-0.2, 0) is 30.6 Å². The topological polar surface area (TPSA) is 190 Å². The molecule has 1 rings (SSSR count). The van der Waals surface area contributed by atoms with Crippen molar-refractivity contribution in [2.75, 3.05) is 12.0 Å². The molecule has 0 heterocycles. The number of carbonyl (C=O) groups is 3. The van der Waals surface area contributed by atoms with Crippen molar-refractivity contribution in [1.82, 2.24) is 5.32 Å². The van der Waals surface area contributed by atoms with Gasteiger partial charge in [-0.05, 0) is 30.7 Å². The molecule has 7 N–H and O–H groups in total. The number of carboxylic acids is 2. The van der Waals surface area contributed by atoms with Crippen LogP contribution >= 0.6 is 0 Å². The molecule has 10 nitrogen and oxygen atoms in total. The van der Waals surface area contributed by atoms with Gasteiger partial charge in [0.25, 0.3) is 0 Å². The Labute approximate surface area is 182 Å². The van der Waals surface area contributed by atoms with E-state index < -0.39 is 45.8 Å². The monoisotopic (exact) mass is 459 g/mol. The van der Waals surface area contributed by atoms with Gasteiger partial charge in [-0.2, -0.15) is 0 Å². The first-order valence-electron chi connectivity index (χ1n) is 9.71. The molecule has 176 valence electrons. The highest BCUT2D eigenvalue weighted by Crippen LogP contribution is 2.06. The molecule has 11 heteroatoms. The van der Waals surface area contributed by atoms with Crippen LogP contribution in [0.15, 0.2) is 30.3 Å². The number of carboxylic acid groups (broad SMARTS) is 2. The van der Waals surface area contributed by atoms with Crippen LogP contribution in [-0.4, -0.2) is 66.6 Å². The number of benzene rings is 1. The van der Waals surface area contributed by atoms with Crippen molar-refractivity contribution in [3.63, 3.8) is 0 Å². The quantitative estimate of drug-likeness (QED) is 0.303. The maximum absolute atomic E-state index is 11.9. The number of hydrogen-bond acceptors (Lipinski definition) is 7. The fourth-order valence-electron chi connectivity index (χ4n) is 2.40. The molecule has 0 aliphatic carbocycles. The zero-order valence-electron chi connectivity index (χ0n) is 18.0. The largest absolute Gasteiger partial charge is 0.480 e. The van der Waals surface area contributed by atoms with Crippen LogP contribution in [0.2, 0.25) is 0 Å². The fourth-order valence-corrected chi connectivity index (χ4v) is 3.08. The maximum Gasteiger partial charge on any atom is 0.326 e. The number of carbonyl (C=O) groups excluding carboxylic acids is 1. The van der Waals surface area contributed by atoms with Crippen molar-refractivity contribution < 1.29 is 33.0 Å². The summed E-state index contributed by atoms with van der Waals surface area (Å²) < 4.78 is 21.0. The second-order valence-corrected chi connectivity index (χ2v) is 9.95. The van der Waals surface area contributed by atoms with Crippen LogP contribution in [0.1, 0.15) is 32.3 Å². The molecule has 3 atom stereocenters. The molecule has 0 unspecified atom stereocenters. The SMILES string of the molecule is CC(C)C[C@H](NC(=O)[C@@H](N)Cc1ccccc1)C(=O)O.CS(=O)(=O)CC[C@H](N)C(=O)O. The highest BCUT2D eigenvalue weighted by atomic mass is 32.2. The first-order chi connectivity index (χ1) is 14.2. The summed E-state index contributed by atoms with van der Waals surface area (Å²) in [7, 11) is -3.10. The third-order valence-electron chi connectivity index (χ3n) is 4.07. The van der Waals surface area contributed by atoms with Gasteiger partial charge >= 0.3 is 11.9 Å². The predicted octanol–water partition coefficient (Wildman–Crippen LogP) is 0.00490. The lowest BCUT2D eigenvalue weighted by Gasteiger charge is -2.19. The molecule has 0 saturated carbocycles. The van der Waals surface area contributed by atoms with Gasteiger partial charge in [-0.15, -0.1) is 0 Å². The van der Waals surface area contributed by atoms with Crippen molar-refractivity contribution in [2.45, 2.75) is 51.2 Å². The molecule has 0 aromatic heterocycles. The van der Waals surface area contributed by atoms with E-state index in [0.717, 1.165) is 11.8 Å². The number of hydrogen-bond donors (Lipinski definition) is 5. The van der Waals surface area contributed by atoms with Crippen molar-refractivity contribution in [2.24, 2.45) is 17.4 Å². The van der Waals surface area contributed by atoms with Gasteiger partial charge < -0.3 is 27.0 Å². The van der Waals surface area contributed by atoms with E-state index in [1.54, 1.807) is 0 Å². The highest BCUT2D eigenvalue weighted by molar-refractivity contribution is 7.90. The van der Waals surface area contributed by atoms with Crippen LogP contribution < -0.4 is 16.8 Å². The van der Waals surface area contributed by atoms with Gasteiger partial charge in [0.15, 0.2) is 0 Å². The summed E-state index contributed by atoms with van der Waals surface area (Å²) in [6.07, 6.45) is 1.79. The molecular weight excluding hydrogens is 426 g/mol. The van der Waals surface area contributed by atoms with Crippen LogP contribution in [0.5, 0.6) is 0 Å². The molecule has 0 aliphatic rings. The van der Waals surface area contributed by atoms with Crippen molar-refractivity contribution >= 4 is 27.7 Å². The van der Waals surface area contributed by atoms with Gasteiger partial charge in [-0.3, -0.25) is 9.59 Å². The zero-order chi connectivity index (χ0) is 24.2. The summed E-state index contributed by atoms with van der Waals surface area (Å²) in [5.74, 6) is -2.63. The summed E-state index contributed by atoms with van der Waals surface area (Å²) in [5, 5.41) is 19.9. The Morgan fingerprint density at radius 2 is 1.55 bits per heavy atom. The second-order valence-electron chi connectivity index (χ2n) is 7.69. The summed E-state index contributed by atoms with van der Waals surface area (Å²) in [4.78, 5) is 33.1. The Kier molecular flexibility index (Phi) is 12.6. The van der Waals surface area contributed by atoms with E-state index in [1.807, 2.05) is 44.2 Å². The molecule has 0 aliphatic heterocycles. The third-order valence-corrected chi connectivity index (χ3v) is 5.05. The van der Waals surface area contributed by atoms with Crippen molar-refractivity contribution in [3.8, 4) is 0 Å². The van der Waals surface area contributed by atoms with E-state index in [0.29, 0.717) is 12.8 Å². The lowest BCUT2D eigenvalue weighted by molar-refractivity contribution is -0.142. The van der Waals surface area contributed by atoms with Crippen molar-refractivity contribution in [3.05, 3.63) is 35.9 Å². The lowest BCUT2D eigenvalue weighted by atomic mass is 10.0. The minimum absolute atomic E-state index is 0.0336. The normalized spacial score (nSPS) is 14.0. The van der Waals surface area contributed by atoms with Crippen LogP contribution in [0.25, 0.3) is 0 Å². The Bertz CT molecular complexity index is 813. The van der Waals surface area contributed by atoms with Gasteiger partial charge in [-0.25, -0.2) is 13.2 Å². The van der Waals surface area contributed by atoms with E-state index in [9.17, 15) is 22.8 Å². The molecule has 1 aromatic carbocycles. The number of nitrogens with one attached hydrogen (secondary N) is 1. The van der Waals surface area contributed by atoms with Crippen LogP contribution in [0, 0.1) is 5.92 Å². The van der Waals surface area contributed by atoms with Gasteiger partial charge in [-0.1, -0.05) is 44.2 Å². The van der Waals surface area contributed by atoms with Gasteiger partial charge in [0, 0.05) is 6.26 Å². The van der Waals surface area contributed by atoms with Crippen molar-refractivity contribution in [1.29, 1.82) is 0 Å². The average Bonchev–Trinajstić information content (AvgIpc) is 2.65. The number of nitrogens with two attached hydrogens (primary N) is 2. The summed E-state index contributed by atoms with van der Waals surface area (Å²) in [5.41, 5.74) is 11.8. The van der Waals surface area contributed by atoms with Gasteiger partial charge in [0.1, 0.15) is 21.9 Å². The van der Waals surface area contributed by atoms with E-state index in [1.165, 1.54) is 0 Å². The summed E-state index contributed by atoms with van der Waals surface area (Å²) in [6.45, 7) is 3.82. The first kappa shape index (κ1) is 28.5. The molecule has 31 heavy (non-hydrogen) atoms. The minimum atomic E-state index is -3.10. The molecule has 1 aromatic rings. The molecule has 0 bridgehead atoms. The van der Waals surface area contributed by atoms with E-state index in [2.05, 4.69) is 5.32 Å².